The summed E-state index contributed by atoms with van der Waals surface area (Å²) in [5.41, 5.74) is 1.14. The predicted octanol–water partition coefficient (Wildman–Crippen LogP) is 2.88. The van der Waals surface area contributed by atoms with Crippen LogP contribution in [0.5, 0.6) is 11.5 Å². The van der Waals surface area contributed by atoms with E-state index >= 15 is 0 Å². The minimum Gasteiger partial charge on any atom is -0.507 e. The first kappa shape index (κ1) is 15.2. The molecule has 5 nitrogen and oxygen atoms in total. The van der Waals surface area contributed by atoms with Gasteiger partial charge >= 0.3 is 0 Å². The molecule has 1 aliphatic carbocycles. The third kappa shape index (κ3) is 2.12. The first-order valence-corrected chi connectivity index (χ1v) is 7.16. The molecule has 0 saturated carbocycles. The number of aromatic hydroxyl groups is 1. The normalized spacial score (nSPS) is 14.2. The van der Waals surface area contributed by atoms with Gasteiger partial charge < -0.3 is 14.6 Å². The van der Waals surface area contributed by atoms with E-state index in [9.17, 15) is 14.7 Å². The second kappa shape index (κ2) is 5.52. The molecule has 0 amide bonds. The van der Waals surface area contributed by atoms with Crippen LogP contribution >= 0.6 is 0 Å². The number of benzene rings is 2. The highest BCUT2D eigenvalue weighted by Gasteiger charge is 2.35. The molecule has 0 fully saturated rings. The van der Waals surface area contributed by atoms with Crippen LogP contribution in [0.2, 0.25) is 0 Å². The number of ketones is 2. The van der Waals surface area contributed by atoms with Crippen molar-refractivity contribution in [2.75, 3.05) is 14.2 Å². The number of carbonyl (C=O) groups excluding carboxylic acids is 2. The minimum absolute atomic E-state index is 0.00778. The molecular formula is C18H16O5. The number of rotatable bonds is 3. The van der Waals surface area contributed by atoms with Gasteiger partial charge in [0.2, 0.25) is 0 Å². The second-order valence-electron chi connectivity index (χ2n) is 5.35. The topological polar surface area (TPSA) is 72.8 Å². The zero-order valence-corrected chi connectivity index (χ0v) is 13.0. The summed E-state index contributed by atoms with van der Waals surface area (Å²) in [6.45, 7) is 1.73. The minimum atomic E-state index is -0.490. The average Bonchev–Trinajstić information content (AvgIpc) is 2.58. The Morgan fingerprint density at radius 1 is 1.00 bits per heavy atom. The molecule has 2 aromatic rings. The molecule has 2 aromatic carbocycles. The standard InChI is InChI=1S/C18H16O5/c1-9(22-2)14-13(23-3)8-12-15(18(14)21)17(20)11-7-5-4-6-10(11)16(12)19/h4-9,21H,1-3H3. The van der Waals surface area contributed by atoms with E-state index in [1.165, 1.54) is 20.3 Å². The molecule has 23 heavy (non-hydrogen) atoms. The summed E-state index contributed by atoms with van der Waals surface area (Å²) in [5, 5.41) is 10.6. The third-order valence-corrected chi connectivity index (χ3v) is 4.17. The molecule has 0 spiro atoms. The highest BCUT2D eigenvalue weighted by molar-refractivity contribution is 6.29. The van der Waals surface area contributed by atoms with Gasteiger partial charge in [-0.1, -0.05) is 24.3 Å². The van der Waals surface area contributed by atoms with Crippen molar-refractivity contribution in [3.05, 3.63) is 58.1 Å². The second-order valence-corrected chi connectivity index (χ2v) is 5.35. The lowest BCUT2D eigenvalue weighted by molar-refractivity contribution is 0.0971. The summed E-state index contributed by atoms with van der Waals surface area (Å²) < 4.78 is 10.5. The molecule has 1 N–H and O–H groups in total. The summed E-state index contributed by atoms with van der Waals surface area (Å²) in [5.74, 6) is -0.627. The van der Waals surface area contributed by atoms with E-state index in [-0.39, 0.29) is 28.4 Å². The van der Waals surface area contributed by atoms with Gasteiger partial charge in [0, 0.05) is 23.8 Å². The monoisotopic (exact) mass is 312 g/mol. The molecule has 3 rings (SSSR count). The Morgan fingerprint density at radius 3 is 2.17 bits per heavy atom. The number of hydrogen-bond acceptors (Lipinski definition) is 5. The van der Waals surface area contributed by atoms with E-state index < -0.39 is 6.10 Å². The third-order valence-electron chi connectivity index (χ3n) is 4.17. The molecule has 1 aliphatic rings. The molecule has 0 radical (unpaired) electrons. The molecule has 0 aromatic heterocycles. The van der Waals surface area contributed by atoms with Crippen molar-refractivity contribution in [2.24, 2.45) is 0 Å². The van der Waals surface area contributed by atoms with Gasteiger partial charge in [-0.25, -0.2) is 0 Å². The fraction of sp³-hybridized carbons (Fsp3) is 0.222. The number of carbonyl (C=O) groups is 2. The zero-order valence-electron chi connectivity index (χ0n) is 13.0. The Kier molecular flexibility index (Phi) is 3.66. The molecule has 1 unspecified atom stereocenters. The van der Waals surface area contributed by atoms with Crippen LogP contribution in [0.15, 0.2) is 30.3 Å². The van der Waals surface area contributed by atoms with Crippen molar-refractivity contribution in [3.63, 3.8) is 0 Å². The number of phenols is 1. The lowest BCUT2D eigenvalue weighted by atomic mass is 9.82. The van der Waals surface area contributed by atoms with Crippen LogP contribution in [0, 0.1) is 0 Å². The number of fused-ring (bicyclic) bond motifs is 2. The molecule has 0 heterocycles. The lowest BCUT2D eigenvalue weighted by Gasteiger charge is -2.23. The van der Waals surface area contributed by atoms with Gasteiger partial charge in [-0.05, 0) is 13.0 Å². The Bertz CT molecular complexity index is 822. The van der Waals surface area contributed by atoms with Gasteiger partial charge in [0.05, 0.1) is 24.3 Å². The van der Waals surface area contributed by atoms with Gasteiger partial charge in [0.25, 0.3) is 0 Å². The van der Waals surface area contributed by atoms with Crippen LogP contribution in [0.4, 0.5) is 0 Å². The van der Waals surface area contributed by atoms with Gasteiger partial charge in [0.1, 0.15) is 11.5 Å². The maximum absolute atomic E-state index is 12.7. The molecule has 1 atom stereocenters. The van der Waals surface area contributed by atoms with E-state index in [1.54, 1.807) is 31.2 Å². The maximum Gasteiger partial charge on any atom is 0.198 e. The molecule has 5 heteroatoms. The number of methoxy groups -OCH3 is 2. The molecule has 0 aliphatic heterocycles. The molecular weight excluding hydrogens is 296 g/mol. The van der Waals surface area contributed by atoms with Crippen LogP contribution in [-0.2, 0) is 4.74 Å². The Morgan fingerprint density at radius 2 is 1.61 bits per heavy atom. The highest BCUT2D eigenvalue weighted by Crippen LogP contribution is 2.43. The molecule has 0 bridgehead atoms. The van der Waals surface area contributed by atoms with Crippen LogP contribution in [0.25, 0.3) is 0 Å². The summed E-state index contributed by atoms with van der Waals surface area (Å²) in [6.07, 6.45) is -0.490. The first-order chi connectivity index (χ1) is 11.0. The molecule has 118 valence electrons. The van der Waals surface area contributed by atoms with E-state index in [1.807, 2.05) is 0 Å². The van der Waals surface area contributed by atoms with Crippen molar-refractivity contribution in [1.29, 1.82) is 0 Å². The van der Waals surface area contributed by atoms with Gasteiger partial charge in [-0.3, -0.25) is 9.59 Å². The lowest BCUT2D eigenvalue weighted by Crippen LogP contribution is -2.22. The molecule has 0 saturated heterocycles. The fourth-order valence-corrected chi connectivity index (χ4v) is 2.91. The van der Waals surface area contributed by atoms with E-state index in [4.69, 9.17) is 9.47 Å². The van der Waals surface area contributed by atoms with Crippen LogP contribution in [0.3, 0.4) is 0 Å². The quantitative estimate of drug-likeness (QED) is 0.805. The van der Waals surface area contributed by atoms with Gasteiger partial charge in [0.15, 0.2) is 11.6 Å². The zero-order chi connectivity index (χ0) is 16.7. The Hall–Kier alpha value is -2.66. The van der Waals surface area contributed by atoms with Crippen LogP contribution < -0.4 is 4.74 Å². The van der Waals surface area contributed by atoms with Crippen molar-refractivity contribution in [2.45, 2.75) is 13.0 Å². The SMILES string of the molecule is COc1cc2c(c(O)c1C(C)OC)C(=O)c1ccccc1C2=O. The van der Waals surface area contributed by atoms with E-state index in [0.29, 0.717) is 22.4 Å². The number of ether oxygens (including phenoxy) is 2. The van der Waals surface area contributed by atoms with Gasteiger partial charge in [-0.2, -0.15) is 0 Å². The maximum atomic E-state index is 12.7. The van der Waals surface area contributed by atoms with Gasteiger partial charge in [-0.15, -0.1) is 0 Å². The summed E-state index contributed by atoms with van der Waals surface area (Å²) in [6, 6.07) is 8.08. The van der Waals surface area contributed by atoms with E-state index in [0.717, 1.165) is 0 Å². The van der Waals surface area contributed by atoms with Crippen molar-refractivity contribution in [1.82, 2.24) is 0 Å². The van der Waals surface area contributed by atoms with Crippen LogP contribution in [-0.4, -0.2) is 30.9 Å². The number of hydrogen-bond donors (Lipinski definition) is 1. The first-order valence-electron chi connectivity index (χ1n) is 7.16. The average molecular weight is 312 g/mol. The largest absolute Gasteiger partial charge is 0.507 e. The number of phenolic OH excluding ortho intramolecular Hbond substituents is 1. The van der Waals surface area contributed by atoms with E-state index in [2.05, 4.69) is 0 Å². The smallest absolute Gasteiger partial charge is 0.198 e. The van der Waals surface area contributed by atoms with Crippen molar-refractivity contribution >= 4 is 11.6 Å². The van der Waals surface area contributed by atoms with Crippen LogP contribution in [0.1, 0.15) is 50.4 Å². The highest BCUT2D eigenvalue weighted by atomic mass is 16.5. The summed E-state index contributed by atoms with van der Waals surface area (Å²) in [4.78, 5) is 25.4. The summed E-state index contributed by atoms with van der Waals surface area (Å²) in [7, 11) is 2.93. The predicted molar refractivity (Wildman–Crippen MR) is 83.4 cm³/mol. The van der Waals surface area contributed by atoms with Crippen molar-refractivity contribution < 1.29 is 24.2 Å². The Balaban J connectivity index is 2.33. The Labute approximate surface area is 133 Å². The summed E-state index contributed by atoms with van der Waals surface area (Å²) >= 11 is 0. The van der Waals surface area contributed by atoms with Crippen molar-refractivity contribution in [3.8, 4) is 11.5 Å². The fourth-order valence-electron chi connectivity index (χ4n) is 2.91.